The molecular formula is C21H21N5O2. The van der Waals surface area contributed by atoms with Crippen LogP contribution in [0.2, 0.25) is 0 Å². The van der Waals surface area contributed by atoms with Crippen LogP contribution < -0.4 is 5.32 Å². The summed E-state index contributed by atoms with van der Waals surface area (Å²) in [4.78, 5) is 16.6. The molecule has 0 unspecified atom stereocenters. The van der Waals surface area contributed by atoms with Crippen molar-refractivity contribution in [1.29, 1.82) is 0 Å². The first-order chi connectivity index (χ1) is 13.8. The third kappa shape index (κ3) is 3.03. The summed E-state index contributed by atoms with van der Waals surface area (Å²) in [5.74, 6) is -0.0101. The Balaban J connectivity index is 1.50. The van der Waals surface area contributed by atoms with Crippen molar-refractivity contribution < 1.29 is 9.53 Å². The molecule has 3 heterocycles. The van der Waals surface area contributed by atoms with E-state index in [2.05, 4.69) is 15.5 Å². The fourth-order valence-corrected chi connectivity index (χ4v) is 3.81. The van der Waals surface area contributed by atoms with Crippen molar-refractivity contribution in [3.63, 3.8) is 0 Å². The van der Waals surface area contributed by atoms with Gasteiger partial charge in [-0.3, -0.25) is 4.79 Å². The molecule has 1 saturated heterocycles. The van der Waals surface area contributed by atoms with Gasteiger partial charge < -0.3 is 15.0 Å². The van der Waals surface area contributed by atoms with Gasteiger partial charge in [0.25, 0.3) is 5.91 Å². The second kappa shape index (κ2) is 7.09. The van der Waals surface area contributed by atoms with Gasteiger partial charge in [0.2, 0.25) is 0 Å². The normalized spacial score (nSPS) is 21.4. The molecule has 0 saturated carbocycles. The fourth-order valence-electron chi connectivity index (χ4n) is 3.81. The smallest absolute Gasteiger partial charge is 0.257 e. The Morgan fingerprint density at radius 2 is 1.93 bits per heavy atom. The van der Waals surface area contributed by atoms with Gasteiger partial charge in [0, 0.05) is 18.8 Å². The van der Waals surface area contributed by atoms with Crippen LogP contribution in [-0.2, 0) is 4.74 Å². The highest BCUT2D eigenvalue weighted by Gasteiger charge is 2.36. The number of para-hydroxylation sites is 2. The van der Waals surface area contributed by atoms with E-state index in [4.69, 9.17) is 4.74 Å². The molecule has 1 amide bonds. The summed E-state index contributed by atoms with van der Waals surface area (Å²) < 4.78 is 5.79. The topological polar surface area (TPSA) is 72.3 Å². The van der Waals surface area contributed by atoms with Crippen LogP contribution in [0.3, 0.4) is 0 Å². The summed E-state index contributed by atoms with van der Waals surface area (Å²) in [5, 5.41) is 12.5. The van der Waals surface area contributed by atoms with E-state index in [0.29, 0.717) is 17.8 Å². The number of ether oxygens (including phenoxy) is 1. The molecule has 0 bridgehead atoms. The Hall–Kier alpha value is -3.19. The Morgan fingerprint density at radius 1 is 1.11 bits per heavy atom. The summed E-state index contributed by atoms with van der Waals surface area (Å²) in [6, 6.07) is 17.3. The Labute approximate surface area is 162 Å². The monoisotopic (exact) mass is 375 g/mol. The second-order valence-corrected chi connectivity index (χ2v) is 7.08. The van der Waals surface area contributed by atoms with Crippen LogP contribution in [0.4, 0.5) is 5.69 Å². The van der Waals surface area contributed by atoms with Gasteiger partial charge >= 0.3 is 0 Å². The predicted octanol–water partition coefficient (Wildman–Crippen LogP) is 3.01. The minimum Gasteiger partial charge on any atom is -0.376 e. The summed E-state index contributed by atoms with van der Waals surface area (Å²) in [6.07, 6.45) is 3.39. The largest absolute Gasteiger partial charge is 0.376 e. The lowest BCUT2D eigenvalue weighted by Crippen LogP contribution is -2.46. The predicted molar refractivity (Wildman–Crippen MR) is 104 cm³/mol. The molecular weight excluding hydrogens is 354 g/mol. The number of amides is 1. The molecule has 0 aliphatic carbocycles. The van der Waals surface area contributed by atoms with E-state index in [1.807, 2.05) is 59.5 Å². The first-order valence-electron chi connectivity index (χ1n) is 9.55. The maximum absolute atomic E-state index is 13.2. The number of hydrogen-bond donors (Lipinski definition) is 1. The molecule has 2 atom stereocenters. The van der Waals surface area contributed by atoms with E-state index in [1.54, 1.807) is 11.0 Å². The summed E-state index contributed by atoms with van der Waals surface area (Å²) in [5.41, 5.74) is 3.06. The molecule has 1 fully saturated rings. The number of aromatic nitrogens is 3. The summed E-state index contributed by atoms with van der Waals surface area (Å²) in [6.45, 7) is 1.29. The van der Waals surface area contributed by atoms with Gasteiger partial charge in [0.1, 0.15) is 11.9 Å². The van der Waals surface area contributed by atoms with E-state index in [0.717, 1.165) is 30.8 Å². The second-order valence-electron chi connectivity index (χ2n) is 7.08. The van der Waals surface area contributed by atoms with Crippen molar-refractivity contribution in [3.05, 3.63) is 72.1 Å². The number of anilines is 1. The Kier molecular flexibility index (Phi) is 4.29. The van der Waals surface area contributed by atoms with Crippen LogP contribution in [0, 0.1) is 0 Å². The van der Waals surface area contributed by atoms with E-state index in [9.17, 15) is 4.79 Å². The first kappa shape index (κ1) is 16.9. The Bertz CT molecular complexity index is 981. The third-order valence-corrected chi connectivity index (χ3v) is 5.22. The molecule has 1 N–H and O–H groups in total. The van der Waals surface area contributed by atoms with Crippen LogP contribution in [-0.4, -0.2) is 45.1 Å². The summed E-state index contributed by atoms with van der Waals surface area (Å²) >= 11 is 0. The van der Waals surface area contributed by atoms with Gasteiger partial charge in [-0.2, -0.15) is 9.90 Å². The minimum absolute atomic E-state index is 0.0101. The highest BCUT2D eigenvalue weighted by molar-refractivity contribution is 6.01. The van der Waals surface area contributed by atoms with Crippen molar-refractivity contribution in [3.8, 4) is 5.69 Å². The fraction of sp³-hybridized carbons (Fsp3) is 0.286. The number of fused-ring (bicyclic) bond motifs is 1. The zero-order chi connectivity index (χ0) is 18.9. The average molecular weight is 375 g/mol. The molecule has 2 aromatic carbocycles. The van der Waals surface area contributed by atoms with E-state index >= 15 is 0 Å². The lowest BCUT2D eigenvalue weighted by atomic mass is 10.1. The average Bonchev–Trinajstić information content (AvgIpc) is 3.43. The highest BCUT2D eigenvalue weighted by Crippen LogP contribution is 2.33. The van der Waals surface area contributed by atoms with E-state index < -0.39 is 0 Å². The highest BCUT2D eigenvalue weighted by atomic mass is 16.5. The number of carbonyl (C=O) groups excluding carboxylic acids is 1. The van der Waals surface area contributed by atoms with Gasteiger partial charge in [-0.05, 0) is 37.1 Å². The molecule has 142 valence electrons. The van der Waals surface area contributed by atoms with Gasteiger partial charge in [-0.15, -0.1) is 5.10 Å². The van der Waals surface area contributed by atoms with Gasteiger partial charge in [-0.25, -0.2) is 0 Å². The zero-order valence-electron chi connectivity index (χ0n) is 15.4. The number of rotatable bonds is 4. The molecule has 2 aliphatic rings. The molecule has 7 heteroatoms. The number of nitrogens with zero attached hydrogens (tertiary/aromatic N) is 4. The van der Waals surface area contributed by atoms with Crippen molar-refractivity contribution in [2.24, 2.45) is 0 Å². The standard InChI is InChI=1S/C21H21N5O2/c27-21-17-10-4-5-11-18(17)23-20(25(21)14-16-9-6-12-28-16)19-13-22-26(24-19)15-7-2-1-3-8-15/h1-5,7-8,10-11,13,16,20,23H,6,9,12,14H2/t16-,20-/m1/s1. The number of benzene rings is 2. The SMILES string of the molecule is O=C1c2ccccc2N[C@@H](c2cnn(-c3ccccc3)n2)N1C[C@H]1CCCO1. The first-order valence-corrected chi connectivity index (χ1v) is 9.55. The van der Waals surface area contributed by atoms with Crippen LogP contribution in [0.5, 0.6) is 0 Å². The van der Waals surface area contributed by atoms with Crippen LogP contribution in [0.1, 0.15) is 35.1 Å². The lowest BCUT2D eigenvalue weighted by molar-refractivity contribution is 0.0422. The third-order valence-electron chi connectivity index (χ3n) is 5.22. The molecule has 0 radical (unpaired) electrons. The maximum atomic E-state index is 13.2. The number of hydrogen-bond acceptors (Lipinski definition) is 5. The quantitative estimate of drug-likeness (QED) is 0.759. The van der Waals surface area contributed by atoms with Crippen LogP contribution in [0.15, 0.2) is 60.8 Å². The van der Waals surface area contributed by atoms with E-state index in [-0.39, 0.29) is 18.2 Å². The lowest BCUT2D eigenvalue weighted by Gasteiger charge is -2.37. The molecule has 0 spiro atoms. The van der Waals surface area contributed by atoms with Gasteiger partial charge in [0.05, 0.1) is 23.6 Å². The zero-order valence-corrected chi connectivity index (χ0v) is 15.4. The molecule has 1 aromatic heterocycles. The molecule has 5 rings (SSSR count). The number of carbonyl (C=O) groups is 1. The summed E-state index contributed by atoms with van der Waals surface area (Å²) in [7, 11) is 0. The van der Waals surface area contributed by atoms with Crippen LogP contribution >= 0.6 is 0 Å². The van der Waals surface area contributed by atoms with Gasteiger partial charge in [-0.1, -0.05) is 30.3 Å². The van der Waals surface area contributed by atoms with Crippen molar-refractivity contribution in [2.45, 2.75) is 25.1 Å². The Morgan fingerprint density at radius 3 is 2.75 bits per heavy atom. The van der Waals surface area contributed by atoms with Crippen molar-refractivity contribution in [1.82, 2.24) is 19.9 Å². The molecule has 2 aliphatic heterocycles. The van der Waals surface area contributed by atoms with Crippen molar-refractivity contribution >= 4 is 11.6 Å². The minimum atomic E-state index is -0.385. The number of nitrogens with one attached hydrogen (secondary N) is 1. The van der Waals surface area contributed by atoms with Gasteiger partial charge in [0.15, 0.2) is 0 Å². The van der Waals surface area contributed by atoms with E-state index in [1.165, 1.54) is 0 Å². The molecule has 3 aromatic rings. The molecule has 28 heavy (non-hydrogen) atoms. The van der Waals surface area contributed by atoms with Crippen LogP contribution in [0.25, 0.3) is 5.69 Å². The van der Waals surface area contributed by atoms with Crippen molar-refractivity contribution in [2.75, 3.05) is 18.5 Å². The molecule has 7 nitrogen and oxygen atoms in total. The maximum Gasteiger partial charge on any atom is 0.257 e.